The number of carbonyl (C=O) groups is 2. The van der Waals surface area contributed by atoms with Gasteiger partial charge in [0.05, 0.1) is 30.8 Å². The molecule has 122 valence electrons. The Morgan fingerprint density at radius 1 is 1.04 bits per heavy atom. The molecule has 0 radical (unpaired) electrons. The second-order valence-corrected chi connectivity index (χ2v) is 5.66. The van der Waals surface area contributed by atoms with Crippen LogP contribution >= 0.6 is 11.3 Å². The van der Waals surface area contributed by atoms with Gasteiger partial charge in [0.1, 0.15) is 0 Å². The van der Waals surface area contributed by atoms with Crippen LogP contribution in [-0.4, -0.2) is 26.2 Å². The summed E-state index contributed by atoms with van der Waals surface area (Å²) >= 11 is 1.51. The van der Waals surface area contributed by atoms with Gasteiger partial charge in [-0.1, -0.05) is 12.1 Å². The number of para-hydroxylation sites is 1. The van der Waals surface area contributed by atoms with Crippen LogP contribution in [0.3, 0.4) is 0 Å². The summed E-state index contributed by atoms with van der Waals surface area (Å²) < 4.78 is 10.6. The average molecular weight is 343 g/mol. The summed E-state index contributed by atoms with van der Waals surface area (Å²) in [5.74, 6) is -3.10. The van der Waals surface area contributed by atoms with Crippen molar-refractivity contribution in [2.24, 2.45) is 0 Å². The summed E-state index contributed by atoms with van der Waals surface area (Å²) in [6.07, 6.45) is 1.64. The van der Waals surface area contributed by atoms with Crippen molar-refractivity contribution in [1.29, 1.82) is 0 Å². The number of pyridine rings is 1. The average Bonchev–Trinajstić information content (AvgIpc) is 3.09. The van der Waals surface area contributed by atoms with E-state index in [1.165, 1.54) is 15.9 Å². The minimum Gasteiger partial charge on any atom is -0.863 e. The van der Waals surface area contributed by atoms with Crippen molar-refractivity contribution >= 4 is 50.6 Å². The summed E-state index contributed by atoms with van der Waals surface area (Å²) in [7, 11) is 2.23. The maximum absolute atomic E-state index is 12.4. The van der Waals surface area contributed by atoms with Crippen LogP contribution in [0.1, 0.15) is 0 Å². The molecule has 0 spiro atoms. The Morgan fingerprint density at radius 3 is 2.46 bits per heavy atom. The molecule has 0 N–H and O–H groups in total. The lowest BCUT2D eigenvalue weighted by molar-refractivity contribution is -0.553. The number of benzene rings is 1. The number of hydrogen-bond donors (Lipinski definition) is 0. The normalized spacial score (nSPS) is 12.1. The maximum Gasteiger partial charge on any atom is 0.403 e. The van der Waals surface area contributed by atoms with E-state index in [9.17, 15) is 14.7 Å². The van der Waals surface area contributed by atoms with Gasteiger partial charge in [-0.3, -0.25) is 0 Å². The molecule has 0 aliphatic carbocycles. The Balaban J connectivity index is 2.43. The predicted molar refractivity (Wildman–Crippen MR) is 86.8 cm³/mol. The van der Waals surface area contributed by atoms with Gasteiger partial charge in [-0.25, -0.2) is 9.59 Å². The molecular formula is C17H13NO5S. The lowest BCUT2D eigenvalue weighted by Crippen LogP contribution is -2.42. The molecule has 0 amide bonds. The fraction of sp³-hybridized carbons (Fsp3) is 0.118. The molecule has 2 aromatic heterocycles. The van der Waals surface area contributed by atoms with Gasteiger partial charge in [-0.15, -0.1) is 0 Å². The second-order valence-electron chi connectivity index (χ2n) is 4.92. The molecule has 3 rings (SSSR count). The number of nitrogens with zero attached hydrogens (tertiary/aromatic N) is 1. The lowest BCUT2D eigenvalue weighted by atomic mass is 10.1. The fourth-order valence-electron chi connectivity index (χ4n) is 2.52. The Bertz CT molecular complexity index is 989. The van der Waals surface area contributed by atoms with E-state index in [0.717, 1.165) is 30.4 Å². The topological polar surface area (TPSA) is 79.5 Å². The molecule has 2 heterocycles. The number of fused-ring (bicyclic) bond motifs is 3. The first kappa shape index (κ1) is 15.9. The van der Waals surface area contributed by atoms with Gasteiger partial charge in [-0.05, 0) is 11.4 Å². The Morgan fingerprint density at radius 2 is 1.75 bits per heavy atom. The van der Waals surface area contributed by atoms with Gasteiger partial charge in [0.2, 0.25) is 5.52 Å². The first-order chi connectivity index (χ1) is 11.6. The fourth-order valence-corrected chi connectivity index (χ4v) is 3.32. The van der Waals surface area contributed by atoms with Crippen LogP contribution in [0.4, 0.5) is 0 Å². The largest absolute Gasteiger partial charge is 0.863 e. The molecule has 0 atom stereocenters. The highest BCUT2D eigenvalue weighted by Gasteiger charge is 2.29. The molecule has 24 heavy (non-hydrogen) atoms. The second kappa shape index (κ2) is 6.29. The summed E-state index contributed by atoms with van der Waals surface area (Å²) in [5.41, 5.74) is 0.203. The number of rotatable bonds is 3. The molecule has 0 bridgehead atoms. The molecule has 0 aliphatic heterocycles. The third-order valence-corrected chi connectivity index (χ3v) is 4.38. The van der Waals surface area contributed by atoms with E-state index >= 15 is 0 Å². The van der Waals surface area contributed by atoms with Crippen LogP contribution < -0.4 is 9.67 Å². The van der Waals surface area contributed by atoms with Gasteiger partial charge in [0.25, 0.3) is 5.70 Å². The Labute approximate surface area is 141 Å². The number of esters is 2. The highest BCUT2D eigenvalue weighted by atomic mass is 32.1. The number of ether oxygens (including phenoxy) is 2. The van der Waals surface area contributed by atoms with E-state index < -0.39 is 23.4 Å². The smallest absolute Gasteiger partial charge is 0.403 e. The minimum absolute atomic E-state index is 0.409. The van der Waals surface area contributed by atoms with Crippen molar-refractivity contribution in [3.05, 3.63) is 47.0 Å². The number of hydrogen-bond acceptors (Lipinski definition) is 6. The predicted octanol–water partition coefficient (Wildman–Crippen LogP) is 1.22. The summed E-state index contributed by atoms with van der Waals surface area (Å²) in [5, 5.41) is 19.0. The van der Waals surface area contributed by atoms with Crippen molar-refractivity contribution in [2.45, 2.75) is 0 Å². The first-order valence-corrected chi connectivity index (χ1v) is 7.90. The maximum atomic E-state index is 12.4. The highest BCUT2D eigenvalue weighted by molar-refractivity contribution is 7.09. The van der Waals surface area contributed by atoms with Crippen LogP contribution in [0.2, 0.25) is 0 Å². The van der Waals surface area contributed by atoms with Crippen LogP contribution in [0.5, 0.6) is 0 Å². The van der Waals surface area contributed by atoms with Crippen molar-refractivity contribution in [2.75, 3.05) is 14.2 Å². The van der Waals surface area contributed by atoms with Crippen LogP contribution in [0.25, 0.3) is 27.4 Å². The minimum atomic E-state index is -1.13. The third-order valence-electron chi connectivity index (χ3n) is 3.62. The number of aromatic nitrogens is 1. The van der Waals surface area contributed by atoms with Crippen molar-refractivity contribution < 1.29 is 28.7 Å². The molecule has 0 unspecified atom stereocenters. The number of methoxy groups -OCH3 is 2. The van der Waals surface area contributed by atoms with Crippen LogP contribution in [-0.2, 0) is 19.1 Å². The zero-order valence-electron chi connectivity index (χ0n) is 12.9. The molecule has 1 aromatic carbocycles. The lowest BCUT2D eigenvalue weighted by Gasteiger charge is -2.12. The number of carbonyl (C=O) groups excluding carboxylic acids is 2. The zero-order chi connectivity index (χ0) is 17.3. The summed E-state index contributed by atoms with van der Waals surface area (Å²) in [6, 6.07) is 7.30. The third kappa shape index (κ3) is 2.48. The van der Waals surface area contributed by atoms with Crippen LogP contribution in [0, 0.1) is 0 Å². The molecule has 0 aliphatic rings. The SMILES string of the molecule is COC(=O)/C([O-])=C(/C(=O)OC)[n+]1cc2cscc2c2ccccc21. The standard InChI is InChI=1S/C17H13NO5S/c1-22-16(20)14(15(19)17(21)23-2)18-7-10-8-24-9-12(10)11-5-3-4-6-13(11)18/h3-9H,1-2H3. The molecule has 3 aromatic rings. The van der Waals surface area contributed by atoms with Crippen molar-refractivity contribution in [3.8, 4) is 0 Å². The van der Waals surface area contributed by atoms with E-state index in [2.05, 4.69) is 4.74 Å². The van der Waals surface area contributed by atoms with Gasteiger partial charge < -0.3 is 14.6 Å². The van der Waals surface area contributed by atoms with Gasteiger partial charge >= 0.3 is 11.9 Å². The van der Waals surface area contributed by atoms with Gasteiger partial charge in [-0.2, -0.15) is 15.9 Å². The van der Waals surface area contributed by atoms with Crippen LogP contribution in [0.15, 0.2) is 47.0 Å². The molecule has 0 fully saturated rings. The van der Waals surface area contributed by atoms with E-state index in [-0.39, 0.29) is 0 Å². The summed E-state index contributed by atoms with van der Waals surface area (Å²) in [4.78, 5) is 23.9. The first-order valence-electron chi connectivity index (χ1n) is 6.96. The highest BCUT2D eigenvalue weighted by Crippen LogP contribution is 2.26. The van der Waals surface area contributed by atoms with Gasteiger partial charge in [0, 0.05) is 16.8 Å². The van der Waals surface area contributed by atoms with E-state index in [1.54, 1.807) is 18.3 Å². The monoisotopic (exact) mass is 343 g/mol. The molecular weight excluding hydrogens is 330 g/mol. The van der Waals surface area contributed by atoms with E-state index in [1.807, 2.05) is 22.9 Å². The van der Waals surface area contributed by atoms with E-state index in [4.69, 9.17) is 4.74 Å². The quantitative estimate of drug-likeness (QED) is 0.309. The zero-order valence-corrected chi connectivity index (χ0v) is 13.8. The van der Waals surface area contributed by atoms with E-state index in [0.29, 0.717) is 5.52 Å². The molecule has 0 saturated carbocycles. The van der Waals surface area contributed by atoms with Crippen molar-refractivity contribution in [3.63, 3.8) is 0 Å². The Hall–Kier alpha value is -2.93. The summed E-state index contributed by atoms with van der Waals surface area (Å²) in [6.45, 7) is 0. The number of thiophene rings is 1. The molecule has 7 heteroatoms. The molecule has 6 nitrogen and oxygen atoms in total. The molecule has 0 saturated heterocycles. The van der Waals surface area contributed by atoms with Crippen molar-refractivity contribution in [1.82, 2.24) is 0 Å². The Kier molecular flexibility index (Phi) is 4.18. The van der Waals surface area contributed by atoms with Gasteiger partial charge in [0.15, 0.2) is 6.20 Å².